The number of non-ortho nitro benzene ring substituents is 1. The van der Waals surface area contributed by atoms with Crippen LogP contribution in [-0.4, -0.2) is 11.1 Å². The Hall–Kier alpha value is -0.630. The summed E-state index contributed by atoms with van der Waals surface area (Å²) in [6, 6.07) is 6.34. The average Bonchev–Trinajstić information content (AvgIpc) is 2.15. The normalized spacial score (nSPS) is 10.5. The molecule has 0 amide bonds. The first-order valence-corrected chi connectivity index (χ1v) is 6.61. The lowest BCUT2D eigenvalue weighted by atomic mass is 10.2. The predicted octanol–water partition coefficient (Wildman–Crippen LogP) is 3.01. The lowest BCUT2D eigenvalue weighted by Crippen LogP contribution is -1.88. The SMILES string of the molecule is O=[N+]([O-])c1cccc(C=NSI)c1. The molecule has 0 spiro atoms. The van der Waals surface area contributed by atoms with Crippen LogP contribution in [-0.2, 0) is 0 Å². The van der Waals surface area contributed by atoms with E-state index in [-0.39, 0.29) is 5.69 Å². The van der Waals surface area contributed by atoms with Crippen LogP contribution in [0.4, 0.5) is 5.69 Å². The van der Waals surface area contributed by atoms with E-state index in [2.05, 4.69) is 4.40 Å². The van der Waals surface area contributed by atoms with Gasteiger partial charge in [0.25, 0.3) is 5.69 Å². The minimum absolute atomic E-state index is 0.0856. The molecule has 0 aliphatic carbocycles. The number of hydrogen-bond donors (Lipinski definition) is 0. The highest BCUT2D eigenvalue weighted by Gasteiger charge is 2.03. The fraction of sp³-hybridized carbons (Fsp3) is 0. The Bertz CT molecular complexity index is 343. The van der Waals surface area contributed by atoms with Crippen LogP contribution in [0.15, 0.2) is 28.7 Å². The van der Waals surface area contributed by atoms with Gasteiger partial charge in [-0.15, -0.1) is 0 Å². The van der Waals surface area contributed by atoms with Crippen molar-refractivity contribution < 1.29 is 4.92 Å². The highest BCUT2D eigenvalue weighted by molar-refractivity contribution is 14.2. The van der Waals surface area contributed by atoms with Gasteiger partial charge in [-0.05, 0) is 0 Å². The largest absolute Gasteiger partial charge is 0.270 e. The molecule has 0 aliphatic rings. The minimum Gasteiger partial charge on any atom is -0.258 e. The molecule has 1 aromatic rings. The highest BCUT2D eigenvalue weighted by atomic mass is 127. The van der Waals surface area contributed by atoms with Crippen molar-refractivity contribution in [3.8, 4) is 0 Å². The first-order valence-electron chi connectivity index (χ1n) is 3.29. The summed E-state index contributed by atoms with van der Waals surface area (Å²) < 4.78 is 3.90. The number of halogens is 1. The second kappa shape index (κ2) is 5.18. The molecule has 4 nitrogen and oxygen atoms in total. The van der Waals surface area contributed by atoms with Gasteiger partial charge in [0.1, 0.15) is 0 Å². The van der Waals surface area contributed by atoms with Crippen molar-refractivity contribution in [2.45, 2.75) is 0 Å². The average molecular weight is 308 g/mol. The predicted molar refractivity (Wildman–Crippen MR) is 62.3 cm³/mol. The zero-order chi connectivity index (χ0) is 9.68. The van der Waals surface area contributed by atoms with E-state index in [4.69, 9.17) is 0 Å². The number of benzene rings is 1. The second-order valence-corrected chi connectivity index (χ2v) is 3.69. The molecule has 13 heavy (non-hydrogen) atoms. The molecular formula is C7H5IN2O2S. The van der Waals surface area contributed by atoms with E-state index < -0.39 is 4.92 Å². The Kier molecular flexibility index (Phi) is 4.16. The summed E-state index contributed by atoms with van der Waals surface area (Å²) in [5.74, 6) is 0. The summed E-state index contributed by atoms with van der Waals surface area (Å²) in [5.41, 5.74) is 0.820. The van der Waals surface area contributed by atoms with Crippen molar-refractivity contribution in [3.63, 3.8) is 0 Å². The van der Waals surface area contributed by atoms with Crippen molar-refractivity contribution >= 4 is 42.2 Å². The molecule has 0 unspecified atom stereocenters. The molecule has 0 fully saturated rings. The molecule has 0 aliphatic heterocycles. The standard InChI is InChI=1S/C7H5IN2O2S/c8-13-9-5-6-2-1-3-7(4-6)10(11)12/h1-5H. The fourth-order valence-corrected chi connectivity index (χ4v) is 1.30. The number of nitro benzene ring substituents is 1. The zero-order valence-corrected chi connectivity index (χ0v) is 9.36. The minimum atomic E-state index is -0.422. The first kappa shape index (κ1) is 10.5. The molecule has 0 N–H and O–H groups in total. The number of nitrogens with zero attached hydrogens (tertiary/aromatic N) is 2. The van der Waals surface area contributed by atoms with Crippen molar-refractivity contribution in [1.82, 2.24) is 0 Å². The van der Waals surface area contributed by atoms with Gasteiger partial charge in [0, 0.05) is 54.2 Å². The Morgan fingerprint density at radius 2 is 2.38 bits per heavy atom. The maximum Gasteiger partial charge on any atom is 0.270 e. The van der Waals surface area contributed by atoms with Gasteiger partial charge in [0.2, 0.25) is 0 Å². The summed E-state index contributed by atoms with van der Waals surface area (Å²) in [6.07, 6.45) is 1.59. The highest BCUT2D eigenvalue weighted by Crippen LogP contribution is 2.14. The van der Waals surface area contributed by atoms with Gasteiger partial charge < -0.3 is 0 Å². The second-order valence-electron chi connectivity index (χ2n) is 2.16. The third kappa shape index (κ3) is 3.31. The quantitative estimate of drug-likeness (QED) is 0.283. The van der Waals surface area contributed by atoms with Gasteiger partial charge in [0.15, 0.2) is 0 Å². The van der Waals surface area contributed by atoms with Crippen LogP contribution in [0.3, 0.4) is 0 Å². The summed E-state index contributed by atoms with van der Waals surface area (Å²) in [7, 11) is 1.28. The molecule has 0 bridgehead atoms. The van der Waals surface area contributed by atoms with E-state index in [1.165, 1.54) is 21.3 Å². The lowest BCUT2D eigenvalue weighted by Gasteiger charge is -1.92. The fourth-order valence-electron chi connectivity index (χ4n) is 0.799. The third-order valence-corrected chi connectivity index (χ3v) is 2.19. The number of hydrogen-bond acceptors (Lipinski definition) is 4. The van der Waals surface area contributed by atoms with Gasteiger partial charge in [-0.1, -0.05) is 12.1 Å². The Balaban J connectivity index is 2.92. The molecule has 0 atom stereocenters. The van der Waals surface area contributed by atoms with Crippen LogP contribution in [0.1, 0.15) is 5.56 Å². The first-order chi connectivity index (χ1) is 6.24. The van der Waals surface area contributed by atoms with Gasteiger partial charge >= 0.3 is 0 Å². The van der Waals surface area contributed by atoms with E-state index in [1.54, 1.807) is 18.3 Å². The van der Waals surface area contributed by atoms with E-state index >= 15 is 0 Å². The van der Waals surface area contributed by atoms with Gasteiger partial charge in [-0.25, -0.2) is 4.40 Å². The molecule has 0 radical (unpaired) electrons. The molecule has 0 saturated heterocycles. The summed E-state index contributed by atoms with van der Waals surface area (Å²) in [5, 5.41) is 10.4. The summed E-state index contributed by atoms with van der Waals surface area (Å²) in [6.45, 7) is 0. The molecule has 0 aromatic heterocycles. The number of nitro groups is 1. The molecular weight excluding hydrogens is 303 g/mol. The van der Waals surface area contributed by atoms with E-state index in [0.29, 0.717) is 0 Å². The van der Waals surface area contributed by atoms with Crippen LogP contribution in [0.5, 0.6) is 0 Å². The van der Waals surface area contributed by atoms with Crippen molar-refractivity contribution in [3.05, 3.63) is 39.9 Å². The Morgan fingerprint density at radius 1 is 1.62 bits per heavy atom. The topological polar surface area (TPSA) is 55.5 Å². The van der Waals surface area contributed by atoms with E-state index in [0.717, 1.165) is 5.56 Å². The van der Waals surface area contributed by atoms with Crippen LogP contribution in [0.2, 0.25) is 0 Å². The van der Waals surface area contributed by atoms with Crippen molar-refractivity contribution in [2.75, 3.05) is 0 Å². The van der Waals surface area contributed by atoms with Crippen LogP contribution < -0.4 is 0 Å². The maximum absolute atomic E-state index is 10.4. The van der Waals surface area contributed by atoms with Crippen LogP contribution in [0.25, 0.3) is 0 Å². The molecule has 68 valence electrons. The molecule has 1 rings (SSSR count). The zero-order valence-electron chi connectivity index (χ0n) is 6.38. The molecule has 0 heterocycles. The smallest absolute Gasteiger partial charge is 0.258 e. The van der Waals surface area contributed by atoms with Crippen LogP contribution >= 0.6 is 30.3 Å². The van der Waals surface area contributed by atoms with E-state index in [9.17, 15) is 10.1 Å². The molecule has 1 aromatic carbocycles. The van der Waals surface area contributed by atoms with Crippen molar-refractivity contribution in [1.29, 1.82) is 0 Å². The summed E-state index contributed by atoms with van der Waals surface area (Å²) in [4.78, 5) is 9.96. The van der Waals surface area contributed by atoms with Crippen LogP contribution in [0, 0.1) is 10.1 Å². The summed E-state index contributed by atoms with van der Waals surface area (Å²) >= 11 is 2.02. The number of rotatable bonds is 3. The Labute approximate surface area is 91.3 Å². The monoisotopic (exact) mass is 308 g/mol. The van der Waals surface area contributed by atoms with Gasteiger partial charge in [-0.3, -0.25) is 10.1 Å². The Morgan fingerprint density at radius 3 is 3.00 bits per heavy atom. The lowest BCUT2D eigenvalue weighted by molar-refractivity contribution is -0.384. The van der Waals surface area contributed by atoms with Crippen molar-refractivity contribution in [2.24, 2.45) is 4.40 Å². The third-order valence-electron chi connectivity index (χ3n) is 1.32. The molecule has 6 heteroatoms. The van der Waals surface area contributed by atoms with E-state index in [1.807, 2.05) is 21.2 Å². The molecule has 0 saturated carbocycles. The van der Waals surface area contributed by atoms with Gasteiger partial charge in [-0.2, -0.15) is 0 Å². The van der Waals surface area contributed by atoms with Gasteiger partial charge in [0.05, 0.1) is 4.92 Å². The maximum atomic E-state index is 10.4.